The highest BCUT2D eigenvalue weighted by Crippen LogP contribution is 2.28. The van der Waals surface area contributed by atoms with Crippen LogP contribution in [-0.4, -0.2) is 31.2 Å². The maximum atomic E-state index is 13.3. The first-order valence-electron chi connectivity index (χ1n) is 9.19. The molecule has 8 heteroatoms. The molecule has 0 saturated heterocycles. The molecule has 28 heavy (non-hydrogen) atoms. The average molecular weight is 486 g/mol. The topological polar surface area (TPSA) is 66.5 Å². The molecule has 0 atom stereocenters. The minimum Gasteiger partial charge on any atom is -0.325 e. The van der Waals surface area contributed by atoms with Crippen LogP contribution in [0.25, 0.3) is 0 Å². The third-order valence-corrected chi connectivity index (χ3v) is 7.52. The summed E-state index contributed by atoms with van der Waals surface area (Å²) in [6.07, 6.45) is 4.57. The van der Waals surface area contributed by atoms with Gasteiger partial charge in [-0.05, 0) is 61.4 Å². The van der Waals surface area contributed by atoms with Gasteiger partial charge in [0.05, 0.1) is 11.4 Å². The summed E-state index contributed by atoms with van der Waals surface area (Å²) in [5, 5.41) is 3.33. The van der Waals surface area contributed by atoms with Gasteiger partial charge in [0, 0.05) is 21.2 Å². The van der Waals surface area contributed by atoms with E-state index in [2.05, 4.69) is 21.2 Å². The Labute approximate surface area is 179 Å². The van der Waals surface area contributed by atoms with Crippen molar-refractivity contribution >= 4 is 49.1 Å². The molecule has 1 aliphatic carbocycles. The number of nitrogens with zero attached hydrogens (tertiary/aromatic N) is 1. The van der Waals surface area contributed by atoms with Crippen molar-refractivity contribution in [3.8, 4) is 0 Å². The van der Waals surface area contributed by atoms with Crippen LogP contribution in [-0.2, 0) is 14.8 Å². The smallest absolute Gasteiger partial charge is 0.243 e. The number of hydrogen-bond acceptors (Lipinski definition) is 3. The Morgan fingerprint density at radius 3 is 2.25 bits per heavy atom. The summed E-state index contributed by atoms with van der Waals surface area (Å²) in [6.45, 7) is -0.217. The lowest BCUT2D eigenvalue weighted by molar-refractivity contribution is -0.116. The van der Waals surface area contributed by atoms with Crippen LogP contribution >= 0.6 is 27.5 Å². The van der Waals surface area contributed by atoms with Gasteiger partial charge in [0.2, 0.25) is 15.9 Å². The number of carbonyl (C=O) groups is 1. The maximum absolute atomic E-state index is 13.3. The van der Waals surface area contributed by atoms with Gasteiger partial charge in [0.1, 0.15) is 0 Å². The Morgan fingerprint density at radius 1 is 1.04 bits per heavy atom. The van der Waals surface area contributed by atoms with Crippen molar-refractivity contribution < 1.29 is 13.2 Å². The maximum Gasteiger partial charge on any atom is 0.243 e. The SMILES string of the molecule is O=C(CN(C1CCCCC1)S(=O)(=O)c1ccc(Br)cc1)Nc1ccc(Cl)cc1. The van der Waals surface area contributed by atoms with Crippen molar-refractivity contribution in [2.75, 3.05) is 11.9 Å². The van der Waals surface area contributed by atoms with Crippen molar-refractivity contribution in [1.82, 2.24) is 4.31 Å². The van der Waals surface area contributed by atoms with Crippen LogP contribution in [0, 0.1) is 0 Å². The van der Waals surface area contributed by atoms with Gasteiger partial charge in [-0.3, -0.25) is 4.79 Å². The zero-order valence-electron chi connectivity index (χ0n) is 15.3. The second-order valence-corrected chi connectivity index (χ2v) is 10.1. The van der Waals surface area contributed by atoms with E-state index < -0.39 is 10.0 Å². The summed E-state index contributed by atoms with van der Waals surface area (Å²) >= 11 is 9.20. The van der Waals surface area contributed by atoms with Gasteiger partial charge in [0.15, 0.2) is 0 Å². The van der Waals surface area contributed by atoms with Crippen LogP contribution in [0.2, 0.25) is 5.02 Å². The summed E-state index contributed by atoms with van der Waals surface area (Å²) < 4.78 is 28.7. The van der Waals surface area contributed by atoms with Crippen LogP contribution in [0.3, 0.4) is 0 Å². The van der Waals surface area contributed by atoms with Crippen molar-refractivity contribution in [3.63, 3.8) is 0 Å². The number of anilines is 1. The predicted octanol–water partition coefficient (Wildman–Crippen LogP) is 5.06. The van der Waals surface area contributed by atoms with Gasteiger partial charge in [-0.25, -0.2) is 8.42 Å². The van der Waals surface area contributed by atoms with E-state index >= 15 is 0 Å². The van der Waals surface area contributed by atoms with Crippen LogP contribution < -0.4 is 5.32 Å². The van der Waals surface area contributed by atoms with E-state index in [0.29, 0.717) is 10.7 Å². The van der Waals surface area contributed by atoms with Crippen molar-refractivity contribution in [1.29, 1.82) is 0 Å². The minimum atomic E-state index is -3.78. The van der Waals surface area contributed by atoms with E-state index in [0.717, 1.165) is 36.6 Å². The molecule has 0 bridgehead atoms. The Balaban J connectivity index is 1.83. The van der Waals surface area contributed by atoms with E-state index in [1.165, 1.54) is 4.31 Å². The number of rotatable bonds is 6. The Morgan fingerprint density at radius 2 is 1.64 bits per heavy atom. The molecule has 0 radical (unpaired) electrons. The molecule has 0 aromatic heterocycles. The Hall–Kier alpha value is -1.41. The first-order valence-corrected chi connectivity index (χ1v) is 11.8. The minimum absolute atomic E-state index is 0.168. The van der Waals surface area contributed by atoms with E-state index in [9.17, 15) is 13.2 Å². The van der Waals surface area contributed by atoms with Crippen LogP contribution in [0.15, 0.2) is 57.9 Å². The second-order valence-electron chi connectivity index (χ2n) is 6.85. The van der Waals surface area contributed by atoms with E-state index in [1.54, 1.807) is 48.5 Å². The first kappa shape index (κ1) is 21.3. The lowest BCUT2D eigenvalue weighted by Gasteiger charge is -2.33. The highest BCUT2D eigenvalue weighted by molar-refractivity contribution is 9.10. The predicted molar refractivity (Wildman–Crippen MR) is 115 cm³/mol. The molecule has 1 fully saturated rings. The van der Waals surface area contributed by atoms with Gasteiger partial charge in [-0.1, -0.05) is 46.8 Å². The normalized spacial score (nSPS) is 15.5. The van der Waals surface area contributed by atoms with Gasteiger partial charge < -0.3 is 5.32 Å². The fourth-order valence-corrected chi connectivity index (χ4v) is 5.43. The largest absolute Gasteiger partial charge is 0.325 e. The molecule has 5 nitrogen and oxygen atoms in total. The van der Waals surface area contributed by atoms with Crippen molar-refractivity contribution in [2.45, 2.75) is 43.0 Å². The average Bonchev–Trinajstić information content (AvgIpc) is 2.69. The van der Waals surface area contributed by atoms with E-state index in [-0.39, 0.29) is 23.4 Å². The third kappa shape index (κ3) is 5.35. The molecule has 1 aliphatic rings. The monoisotopic (exact) mass is 484 g/mol. The van der Waals surface area contributed by atoms with Crippen LogP contribution in [0.4, 0.5) is 5.69 Å². The molecule has 1 N–H and O–H groups in total. The summed E-state index contributed by atoms with van der Waals surface area (Å²) in [6, 6.07) is 13.1. The number of halogens is 2. The molecule has 0 spiro atoms. The zero-order valence-corrected chi connectivity index (χ0v) is 18.4. The summed E-state index contributed by atoms with van der Waals surface area (Å²) in [5.74, 6) is -0.367. The summed E-state index contributed by atoms with van der Waals surface area (Å²) in [5.41, 5.74) is 0.582. The first-order chi connectivity index (χ1) is 13.4. The number of carbonyl (C=O) groups excluding carboxylic acids is 1. The van der Waals surface area contributed by atoms with Crippen molar-refractivity contribution in [2.24, 2.45) is 0 Å². The molecular formula is C20H22BrClN2O3S. The molecule has 0 aliphatic heterocycles. The van der Waals surface area contributed by atoms with Gasteiger partial charge >= 0.3 is 0 Å². The number of hydrogen-bond donors (Lipinski definition) is 1. The van der Waals surface area contributed by atoms with Gasteiger partial charge in [-0.15, -0.1) is 0 Å². The molecule has 2 aromatic rings. The van der Waals surface area contributed by atoms with Gasteiger partial charge in [0.25, 0.3) is 0 Å². The molecular weight excluding hydrogens is 464 g/mol. The fraction of sp³-hybridized carbons (Fsp3) is 0.350. The van der Waals surface area contributed by atoms with Gasteiger partial charge in [-0.2, -0.15) is 4.31 Å². The van der Waals surface area contributed by atoms with E-state index in [1.807, 2.05) is 0 Å². The van der Waals surface area contributed by atoms with Crippen LogP contribution in [0.1, 0.15) is 32.1 Å². The number of benzene rings is 2. The third-order valence-electron chi connectivity index (χ3n) is 4.83. The summed E-state index contributed by atoms with van der Waals surface area (Å²) in [7, 11) is -3.78. The second kappa shape index (κ2) is 9.39. The summed E-state index contributed by atoms with van der Waals surface area (Å²) in [4.78, 5) is 12.8. The Bertz CT molecular complexity index is 911. The molecule has 150 valence electrons. The van der Waals surface area contributed by atoms with Crippen LogP contribution in [0.5, 0.6) is 0 Å². The van der Waals surface area contributed by atoms with Crippen molar-refractivity contribution in [3.05, 3.63) is 58.0 Å². The molecule has 1 amide bonds. The molecule has 0 unspecified atom stereocenters. The zero-order chi connectivity index (χ0) is 20.1. The standard InChI is InChI=1S/C20H22BrClN2O3S/c21-15-6-12-19(13-7-15)28(26,27)24(18-4-2-1-3-5-18)14-20(25)23-17-10-8-16(22)9-11-17/h6-13,18H,1-5,14H2,(H,23,25). The highest BCUT2D eigenvalue weighted by Gasteiger charge is 2.33. The quantitative estimate of drug-likeness (QED) is 0.621. The molecule has 2 aromatic carbocycles. The number of amides is 1. The lowest BCUT2D eigenvalue weighted by atomic mass is 9.95. The Kier molecular flexibility index (Phi) is 7.15. The molecule has 3 rings (SSSR count). The lowest BCUT2D eigenvalue weighted by Crippen LogP contribution is -2.45. The molecule has 0 heterocycles. The number of nitrogens with one attached hydrogen (secondary N) is 1. The molecule has 1 saturated carbocycles. The van der Waals surface area contributed by atoms with E-state index in [4.69, 9.17) is 11.6 Å². The number of sulfonamides is 1. The highest BCUT2D eigenvalue weighted by atomic mass is 79.9. The fourth-order valence-electron chi connectivity index (χ4n) is 3.40.